The van der Waals surface area contributed by atoms with E-state index >= 15 is 0 Å². The van der Waals surface area contributed by atoms with Crippen LogP contribution in [0.15, 0.2) is 12.1 Å². The molecule has 1 amide bonds. The molecule has 3 atom stereocenters. The Morgan fingerprint density at radius 1 is 1.42 bits per heavy atom. The Hall–Kier alpha value is -1.40. The Labute approximate surface area is 115 Å². The average Bonchev–Trinajstić information content (AvgIpc) is 2.96. The number of hydrogen-bond acceptors (Lipinski definition) is 4. The molecule has 19 heavy (non-hydrogen) atoms. The van der Waals surface area contributed by atoms with Gasteiger partial charge in [0.1, 0.15) is 6.10 Å². The molecule has 0 aliphatic carbocycles. The smallest absolute Gasteiger partial charge is 0.332 e. The molecule has 104 valence electrons. The summed E-state index contributed by atoms with van der Waals surface area (Å²) < 4.78 is 5.22. The van der Waals surface area contributed by atoms with Gasteiger partial charge in [-0.05, 0) is 38.8 Å². The molecule has 0 spiro atoms. The predicted octanol–water partition coefficient (Wildman–Crippen LogP) is 1.87. The number of carboxylic acids is 1. The van der Waals surface area contributed by atoms with Crippen LogP contribution in [0.3, 0.4) is 0 Å². The van der Waals surface area contributed by atoms with Crippen LogP contribution in [0.1, 0.15) is 35.6 Å². The summed E-state index contributed by atoms with van der Waals surface area (Å²) in [5.74, 6) is -1.24. The molecule has 1 fully saturated rings. The number of hydrogen-bond donors (Lipinski definition) is 2. The Morgan fingerprint density at radius 3 is 2.63 bits per heavy atom. The number of carbonyl (C=O) groups is 2. The zero-order valence-corrected chi connectivity index (χ0v) is 11.7. The summed E-state index contributed by atoms with van der Waals surface area (Å²) in [5, 5.41) is 11.7. The number of carboxylic acid groups (broad SMARTS) is 1. The predicted molar refractivity (Wildman–Crippen MR) is 71.1 cm³/mol. The Bertz CT molecular complexity index is 485. The van der Waals surface area contributed by atoms with E-state index in [1.54, 1.807) is 11.3 Å². The second-order valence-corrected chi connectivity index (χ2v) is 6.03. The maximum Gasteiger partial charge on any atom is 0.332 e. The molecular weight excluding hydrogens is 266 g/mol. The Kier molecular flexibility index (Phi) is 4.21. The summed E-state index contributed by atoms with van der Waals surface area (Å²) in [7, 11) is 0. The molecule has 1 aromatic rings. The molecule has 1 saturated heterocycles. The van der Waals surface area contributed by atoms with Crippen LogP contribution in [0.4, 0.5) is 0 Å². The number of nitrogens with one attached hydrogen (secondary N) is 1. The largest absolute Gasteiger partial charge is 0.479 e. The van der Waals surface area contributed by atoms with Crippen molar-refractivity contribution in [2.75, 3.05) is 0 Å². The van der Waals surface area contributed by atoms with Crippen LogP contribution in [-0.2, 0) is 14.3 Å². The van der Waals surface area contributed by atoms with E-state index in [2.05, 4.69) is 5.32 Å². The molecule has 5 nitrogen and oxygen atoms in total. The van der Waals surface area contributed by atoms with Crippen LogP contribution in [0, 0.1) is 6.92 Å². The molecule has 1 unspecified atom stereocenters. The lowest BCUT2D eigenvalue weighted by molar-refractivity contribution is -0.151. The van der Waals surface area contributed by atoms with Crippen molar-refractivity contribution in [2.45, 2.75) is 44.9 Å². The Morgan fingerprint density at radius 2 is 2.11 bits per heavy atom. The zero-order valence-electron chi connectivity index (χ0n) is 10.9. The minimum atomic E-state index is -1.00. The third kappa shape index (κ3) is 3.33. The summed E-state index contributed by atoms with van der Waals surface area (Å²) in [5.41, 5.74) is 0. The SMILES string of the molecule is Cc1ccc(C(C)NC(=O)[C@@H]2CC[C@H](C(=O)O)O2)s1. The number of carbonyl (C=O) groups excluding carboxylic acids is 1. The maximum absolute atomic E-state index is 12.0. The van der Waals surface area contributed by atoms with Gasteiger partial charge in [-0.3, -0.25) is 4.79 Å². The second-order valence-electron chi connectivity index (χ2n) is 4.71. The quantitative estimate of drug-likeness (QED) is 0.884. The van der Waals surface area contributed by atoms with Crippen LogP contribution in [0.5, 0.6) is 0 Å². The fourth-order valence-electron chi connectivity index (χ4n) is 2.08. The first-order valence-electron chi connectivity index (χ1n) is 6.22. The lowest BCUT2D eigenvalue weighted by Gasteiger charge is -2.16. The summed E-state index contributed by atoms with van der Waals surface area (Å²) in [6.07, 6.45) is -0.654. The van der Waals surface area contributed by atoms with Crippen molar-refractivity contribution in [3.8, 4) is 0 Å². The van der Waals surface area contributed by atoms with Crippen molar-refractivity contribution >= 4 is 23.2 Å². The first-order valence-corrected chi connectivity index (χ1v) is 7.04. The first-order chi connectivity index (χ1) is 8.97. The molecule has 2 rings (SSSR count). The molecule has 1 aromatic heterocycles. The van der Waals surface area contributed by atoms with E-state index < -0.39 is 18.2 Å². The summed E-state index contributed by atoms with van der Waals surface area (Å²) in [4.78, 5) is 25.0. The van der Waals surface area contributed by atoms with Gasteiger partial charge in [0, 0.05) is 9.75 Å². The van der Waals surface area contributed by atoms with Gasteiger partial charge in [0.25, 0.3) is 0 Å². The van der Waals surface area contributed by atoms with E-state index in [1.807, 2.05) is 26.0 Å². The molecule has 1 aliphatic heterocycles. The topological polar surface area (TPSA) is 75.6 Å². The number of aryl methyl sites for hydroxylation is 1. The van der Waals surface area contributed by atoms with E-state index in [0.717, 1.165) is 4.88 Å². The third-order valence-corrected chi connectivity index (χ3v) is 4.32. The molecule has 6 heteroatoms. The van der Waals surface area contributed by atoms with Crippen molar-refractivity contribution in [3.63, 3.8) is 0 Å². The normalized spacial score (nSPS) is 24.1. The van der Waals surface area contributed by atoms with E-state index in [1.165, 1.54) is 4.88 Å². The standard InChI is InChI=1S/C13H17NO4S/c1-7-3-6-11(19-7)8(2)14-12(15)9-4-5-10(18-9)13(16)17/h3,6,8-10H,4-5H2,1-2H3,(H,14,15)(H,16,17)/t8?,9-,10+/m0/s1. The van der Waals surface area contributed by atoms with Crippen molar-refractivity contribution < 1.29 is 19.4 Å². The summed E-state index contributed by atoms with van der Waals surface area (Å²) in [6, 6.07) is 3.91. The number of ether oxygens (including phenoxy) is 1. The van der Waals surface area contributed by atoms with Gasteiger partial charge < -0.3 is 15.2 Å². The number of aliphatic carboxylic acids is 1. The summed E-state index contributed by atoms with van der Waals surface area (Å²) in [6.45, 7) is 3.92. The van der Waals surface area contributed by atoms with Gasteiger partial charge in [0.2, 0.25) is 5.91 Å². The monoisotopic (exact) mass is 283 g/mol. The van der Waals surface area contributed by atoms with Gasteiger partial charge in [-0.1, -0.05) is 0 Å². The number of amides is 1. The molecule has 0 saturated carbocycles. The zero-order chi connectivity index (χ0) is 14.0. The fraction of sp³-hybridized carbons (Fsp3) is 0.538. The minimum Gasteiger partial charge on any atom is -0.479 e. The Balaban J connectivity index is 1.89. The molecule has 2 N–H and O–H groups in total. The van der Waals surface area contributed by atoms with Crippen molar-refractivity contribution in [1.29, 1.82) is 0 Å². The molecule has 0 bridgehead atoms. The third-order valence-electron chi connectivity index (χ3n) is 3.13. The highest BCUT2D eigenvalue weighted by atomic mass is 32.1. The van der Waals surface area contributed by atoms with E-state index in [9.17, 15) is 9.59 Å². The van der Waals surface area contributed by atoms with E-state index in [4.69, 9.17) is 9.84 Å². The van der Waals surface area contributed by atoms with Gasteiger partial charge in [-0.2, -0.15) is 0 Å². The van der Waals surface area contributed by atoms with Gasteiger partial charge in [-0.15, -0.1) is 11.3 Å². The van der Waals surface area contributed by atoms with Crippen LogP contribution in [0.2, 0.25) is 0 Å². The summed E-state index contributed by atoms with van der Waals surface area (Å²) >= 11 is 1.64. The molecule has 0 aromatic carbocycles. The highest BCUT2D eigenvalue weighted by molar-refractivity contribution is 7.12. The molecule has 1 aliphatic rings. The van der Waals surface area contributed by atoms with Crippen LogP contribution < -0.4 is 5.32 Å². The highest BCUT2D eigenvalue weighted by Crippen LogP contribution is 2.24. The van der Waals surface area contributed by atoms with Crippen molar-refractivity contribution in [1.82, 2.24) is 5.32 Å². The lowest BCUT2D eigenvalue weighted by Crippen LogP contribution is -2.36. The van der Waals surface area contributed by atoms with Gasteiger partial charge >= 0.3 is 5.97 Å². The minimum absolute atomic E-state index is 0.0846. The number of rotatable bonds is 4. The molecular formula is C13H17NO4S. The highest BCUT2D eigenvalue weighted by Gasteiger charge is 2.35. The van der Waals surface area contributed by atoms with Gasteiger partial charge in [0.05, 0.1) is 6.04 Å². The average molecular weight is 283 g/mol. The van der Waals surface area contributed by atoms with Crippen molar-refractivity contribution in [3.05, 3.63) is 21.9 Å². The van der Waals surface area contributed by atoms with Crippen LogP contribution >= 0.6 is 11.3 Å². The van der Waals surface area contributed by atoms with Crippen LogP contribution in [0.25, 0.3) is 0 Å². The van der Waals surface area contributed by atoms with Crippen LogP contribution in [-0.4, -0.2) is 29.2 Å². The van der Waals surface area contributed by atoms with Crippen molar-refractivity contribution in [2.24, 2.45) is 0 Å². The second kappa shape index (κ2) is 5.71. The van der Waals surface area contributed by atoms with Gasteiger partial charge in [-0.25, -0.2) is 4.79 Å². The molecule has 0 radical (unpaired) electrons. The van der Waals surface area contributed by atoms with E-state index in [-0.39, 0.29) is 11.9 Å². The lowest BCUT2D eigenvalue weighted by atomic mass is 10.1. The van der Waals surface area contributed by atoms with Gasteiger partial charge in [0.15, 0.2) is 6.10 Å². The molecule has 2 heterocycles. The maximum atomic E-state index is 12.0. The number of thiophene rings is 1. The van der Waals surface area contributed by atoms with E-state index in [0.29, 0.717) is 12.8 Å². The first kappa shape index (κ1) is 14.0. The fourth-order valence-corrected chi connectivity index (χ4v) is 2.95.